The van der Waals surface area contributed by atoms with Crippen molar-refractivity contribution >= 4 is 0 Å². The highest BCUT2D eigenvalue weighted by atomic mass is 16.4. The summed E-state index contributed by atoms with van der Waals surface area (Å²) in [4.78, 5) is 0. The number of aliphatic hydroxyl groups is 36. The molecule has 29 unspecified atom stereocenters. The summed E-state index contributed by atoms with van der Waals surface area (Å²) in [5.74, 6) is -0.126. The summed E-state index contributed by atoms with van der Waals surface area (Å²) in [7, 11) is 0. The predicted molar refractivity (Wildman–Crippen MR) is 519 cm³/mol. The van der Waals surface area contributed by atoms with Crippen molar-refractivity contribution in [2.24, 2.45) is 29.1 Å². The van der Waals surface area contributed by atoms with Gasteiger partial charge in [-0.3, -0.25) is 0 Å². The molecule has 0 aliphatic carbocycles. The van der Waals surface area contributed by atoms with E-state index in [-0.39, 0.29) is 140 Å². The molecule has 0 radical (unpaired) electrons. The van der Waals surface area contributed by atoms with Crippen LogP contribution in [0.5, 0.6) is 0 Å². The smallest absolute Gasteiger partial charge is 0.0874 e. The Labute approximate surface area is 797 Å². The largest absolute Gasteiger partial charge is 0.396 e. The molecular formula is C96H216O36. The molecule has 0 spiro atoms. The van der Waals surface area contributed by atoms with Crippen molar-refractivity contribution in [3.05, 3.63) is 0 Å². The van der Waals surface area contributed by atoms with Crippen LogP contribution in [0.1, 0.15) is 363 Å². The van der Waals surface area contributed by atoms with E-state index < -0.39 is 127 Å². The second-order valence-electron chi connectivity index (χ2n) is 36.5. The quantitative estimate of drug-likeness (QED) is 0.0389. The molecule has 0 fully saturated rings. The van der Waals surface area contributed by atoms with Crippen molar-refractivity contribution in [1.29, 1.82) is 0 Å². The third kappa shape index (κ3) is 125. The maximum atomic E-state index is 9.32. The van der Waals surface area contributed by atoms with Crippen LogP contribution >= 0.6 is 0 Å². The summed E-state index contributed by atoms with van der Waals surface area (Å²) in [6, 6.07) is 0. The number of rotatable bonds is 64. The molecule has 0 heterocycles. The third-order valence-electron chi connectivity index (χ3n) is 21.2. The Hall–Kier alpha value is -1.44. The zero-order valence-electron chi connectivity index (χ0n) is 85.8. The fourth-order valence-electron chi connectivity index (χ4n) is 11.7. The van der Waals surface area contributed by atoms with Crippen molar-refractivity contribution < 1.29 is 184 Å². The molecule has 0 saturated heterocycles. The van der Waals surface area contributed by atoms with Crippen molar-refractivity contribution in [3.63, 3.8) is 0 Å². The Kier molecular flexibility index (Phi) is 128. The molecule has 0 rings (SSSR count). The Morgan fingerprint density at radius 3 is 1.01 bits per heavy atom. The van der Waals surface area contributed by atoms with Crippen LogP contribution in [0.15, 0.2) is 0 Å². The first-order valence-corrected chi connectivity index (χ1v) is 49.1. The summed E-state index contributed by atoms with van der Waals surface area (Å²) in [6.45, 7) is 35.0. The van der Waals surface area contributed by atoms with Gasteiger partial charge in [-0.25, -0.2) is 0 Å². The van der Waals surface area contributed by atoms with Crippen molar-refractivity contribution in [2.75, 3.05) is 72.7 Å². The van der Waals surface area contributed by atoms with Crippen molar-refractivity contribution in [1.82, 2.24) is 0 Å². The molecule has 36 N–H and O–H groups in total. The molecule has 0 aliphatic rings. The van der Waals surface area contributed by atoms with Crippen LogP contribution in [0.3, 0.4) is 0 Å². The Bertz CT molecular complexity index is 2070. The summed E-state index contributed by atoms with van der Waals surface area (Å²) in [5, 5.41) is 322. The van der Waals surface area contributed by atoms with Gasteiger partial charge in [0, 0.05) is 82.9 Å². The number of unbranched alkanes of at least 4 members (excludes halogenated alkanes) is 3. The zero-order chi connectivity index (χ0) is 106. The normalized spacial score (nSPS) is 18.2. The lowest BCUT2D eigenvalue weighted by molar-refractivity contribution is -0.0375. The highest BCUT2D eigenvalue weighted by molar-refractivity contribution is 4.82. The summed E-state index contributed by atoms with van der Waals surface area (Å²) < 4.78 is 0. The van der Waals surface area contributed by atoms with Gasteiger partial charge in [-0.15, -0.1) is 0 Å². The lowest BCUT2D eigenvalue weighted by Gasteiger charge is -2.32. The molecule has 36 nitrogen and oxygen atoms in total. The Morgan fingerprint density at radius 1 is 0.242 bits per heavy atom. The van der Waals surface area contributed by atoms with E-state index in [1.807, 2.05) is 62.3 Å². The number of aliphatic hydroxyl groups excluding tert-OH is 35. The topological polar surface area (TPSA) is 728 Å². The SMILES string of the molecule is CC(O)C(O)CCCCCO.CC(O)CC(O)CCCCO.CC(O)CCC(O)C(C)CO.CC(O)CCC(O)CC(C)O.CC(O)CCCC(O)CCO.CCC(CO)(CCO)C(C)O.CCC(O)C(C)CC(O)CO.CCC(O)C(O)CC(C)CO.CCC(O)CC(O)CC(C)O.CCCC(O)CC(C)(O)CO.CCCC(O)CC(CO)CO.CCCC(O)CC(O)C(C)O. The molecule has 132 heavy (non-hydrogen) atoms. The second kappa shape index (κ2) is 108. The van der Waals surface area contributed by atoms with Gasteiger partial charge >= 0.3 is 0 Å². The van der Waals surface area contributed by atoms with Crippen LogP contribution in [0.4, 0.5) is 0 Å². The van der Waals surface area contributed by atoms with E-state index in [0.717, 1.165) is 70.6 Å². The van der Waals surface area contributed by atoms with Crippen LogP contribution in [0.25, 0.3) is 0 Å². The maximum Gasteiger partial charge on any atom is 0.0874 e. The Balaban J connectivity index is -0.000000119. The molecule has 0 aromatic heterocycles. The zero-order valence-corrected chi connectivity index (χ0v) is 85.8. The molecule has 0 aromatic rings. The highest BCUT2D eigenvalue weighted by Gasteiger charge is 2.32. The van der Waals surface area contributed by atoms with Gasteiger partial charge < -0.3 is 184 Å². The van der Waals surface area contributed by atoms with E-state index in [1.54, 1.807) is 62.3 Å². The van der Waals surface area contributed by atoms with E-state index in [9.17, 15) is 56.2 Å². The second-order valence-corrected chi connectivity index (χ2v) is 36.5. The van der Waals surface area contributed by atoms with E-state index in [1.165, 1.54) is 13.8 Å². The lowest BCUT2D eigenvalue weighted by Crippen LogP contribution is -2.37. The first-order valence-electron chi connectivity index (χ1n) is 49.1. The van der Waals surface area contributed by atoms with Gasteiger partial charge in [-0.2, -0.15) is 0 Å². The molecular weight excluding hydrogens is 1730 g/mol. The monoisotopic (exact) mass is 1950 g/mol. The van der Waals surface area contributed by atoms with E-state index in [0.29, 0.717) is 141 Å². The molecule has 0 saturated carbocycles. The molecule has 29 atom stereocenters. The molecule has 0 aromatic carbocycles. The average molecular weight is 1950 g/mol. The molecule has 0 aliphatic heterocycles. The van der Waals surface area contributed by atoms with Crippen LogP contribution < -0.4 is 0 Å². The standard InChI is InChI=1S/12C8H18O3/c1-6(5-9)8(11)4-3-7(2)10;1-6(9)3-4-8(11)5-7(2)10;1-7(10)3-2-4-8(11)5-6-9;1-7(10)6-8(11)4-2-3-5-9;1-7(10)8(11)5-3-2-4-6-9;1-3-8(11)6(2)4-7(10)5-9;1-3-7(10)5-8(11)4-6(2)9;1-3-7(10)8(11)4-6(2)5-9;1-3-8(6-10,4-5-9)7(2)11;1-3-4-7(10)5-8(2,11)6-9;1-3-4-7(10)5-8(11)6(2)9;1-2-3-8(11)4-7(5-9)6-10/h2*6-11H,3-5H2,1-2H3;3*7-11H,2-6H2,1H3;3*6-11H,3-5H2,1-2H3;2*7,9-11H,3-6H2,1-2H3;6-11H,3-5H2,1-2H3;7-11H,2-6H2,1H3. The fourth-order valence-corrected chi connectivity index (χ4v) is 11.7. The van der Waals surface area contributed by atoms with Gasteiger partial charge in [0.05, 0.1) is 172 Å². The van der Waals surface area contributed by atoms with Crippen LogP contribution in [-0.4, -0.2) is 409 Å². The van der Waals surface area contributed by atoms with Crippen LogP contribution in [0, 0.1) is 29.1 Å². The van der Waals surface area contributed by atoms with E-state index in [2.05, 4.69) is 0 Å². The highest BCUT2D eigenvalue weighted by Crippen LogP contribution is 2.30. The minimum Gasteiger partial charge on any atom is -0.396 e. The summed E-state index contributed by atoms with van der Waals surface area (Å²) in [6.07, 6.45) is 9.43. The predicted octanol–water partition coefficient (Wildman–Crippen LogP) is 2.65. The first-order chi connectivity index (χ1) is 61.3. The van der Waals surface area contributed by atoms with Crippen molar-refractivity contribution in [3.8, 4) is 0 Å². The van der Waals surface area contributed by atoms with E-state index >= 15 is 0 Å². The summed E-state index contributed by atoms with van der Waals surface area (Å²) >= 11 is 0. The molecule has 816 valence electrons. The number of hydrogen-bond donors (Lipinski definition) is 36. The third-order valence-corrected chi connectivity index (χ3v) is 21.2. The Morgan fingerprint density at radius 2 is 0.659 bits per heavy atom. The number of hydrogen-bond acceptors (Lipinski definition) is 36. The fraction of sp³-hybridized carbons (Fsp3) is 1.00. The van der Waals surface area contributed by atoms with Gasteiger partial charge in [0.2, 0.25) is 0 Å². The minimum atomic E-state index is -1.13. The van der Waals surface area contributed by atoms with E-state index in [4.69, 9.17) is 128 Å². The van der Waals surface area contributed by atoms with Gasteiger partial charge in [0.1, 0.15) is 0 Å². The van der Waals surface area contributed by atoms with Crippen LogP contribution in [-0.2, 0) is 0 Å². The van der Waals surface area contributed by atoms with Gasteiger partial charge in [-0.05, 0) is 261 Å². The minimum absolute atomic E-state index is 0.000968. The lowest BCUT2D eigenvalue weighted by atomic mass is 9.78. The van der Waals surface area contributed by atoms with Crippen LogP contribution in [0.2, 0.25) is 0 Å². The summed E-state index contributed by atoms with van der Waals surface area (Å²) in [5.41, 5.74) is -1.64. The molecule has 36 heteroatoms. The average Bonchev–Trinajstić information content (AvgIpc) is 0.863. The first kappa shape index (κ1) is 156. The van der Waals surface area contributed by atoms with Gasteiger partial charge in [0.15, 0.2) is 0 Å². The maximum absolute atomic E-state index is 9.32. The van der Waals surface area contributed by atoms with Gasteiger partial charge in [0.25, 0.3) is 0 Å². The molecule has 0 amide bonds. The molecule has 0 bridgehead atoms. The van der Waals surface area contributed by atoms with Gasteiger partial charge in [-0.1, -0.05) is 101 Å². The van der Waals surface area contributed by atoms with Crippen molar-refractivity contribution in [2.45, 2.75) is 515 Å².